The Kier molecular flexibility index (Phi) is 6.65. The van der Waals surface area contributed by atoms with Crippen molar-refractivity contribution in [2.45, 2.75) is 64.0 Å². The van der Waals surface area contributed by atoms with Gasteiger partial charge in [-0.15, -0.1) is 0 Å². The van der Waals surface area contributed by atoms with Crippen LogP contribution in [0.25, 0.3) is 0 Å². The molecular weight excluding hydrogens is 356 g/mol. The number of likely N-dealkylation sites (N-methyl/N-ethyl adjacent to an activating group) is 1. The SMILES string of the molecule is CCCc1cc(C(=O)N2CCCC(N(C)C(=O)[C@H]3CCCC(=O)N3)C2)ccn1. The predicted molar refractivity (Wildman–Crippen MR) is 106 cm³/mol. The molecule has 3 heterocycles. The zero-order valence-electron chi connectivity index (χ0n) is 16.8. The van der Waals surface area contributed by atoms with Crippen LogP contribution in [0, 0.1) is 0 Å². The Labute approximate surface area is 166 Å². The van der Waals surface area contributed by atoms with Crippen LogP contribution < -0.4 is 5.32 Å². The Morgan fingerprint density at radius 1 is 1.32 bits per heavy atom. The Morgan fingerprint density at radius 3 is 2.89 bits per heavy atom. The second kappa shape index (κ2) is 9.17. The van der Waals surface area contributed by atoms with E-state index < -0.39 is 6.04 Å². The number of pyridine rings is 1. The maximum absolute atomic E-state index is 13.0. The second-order valence-corrected chi connectivity index (χ2v) is 7.79. The fourth-order valence-corrected chi connectivity index (χ4v) is 4.06. The highest BCUT2D eigenvalue weighted by Crippen LogP contribution is 2.20. The Bertz CT molecular complexity index is 736. The average molecular weight is 386 g/mol. The van der Waals surface area contributed by atoms with Crippen LogP contribution in [0.5, 0.6) is 0 Å². The van der Waals surface area contributed by atoms with Gasteiger partial charge in [-0.3, -0.25) is 19.4 Å². The number of amides is 3. The number of nitrogens with zero attached hydrogens (tertiary/aromatic N) is 3. The van der Waals surface area contributed by atoms with Crippen molar-refractivity contribution < 1.29 is 14.4 Å². The van der Waals surface area contributed by atoms with Gasteiger partial charge >= 0.3 is 0 Å². The highest BCUT2D eigenvalue weighted by atomic mass is 16.2. The van der Waals surface area contributed by atoms with Crippen molar-refractivity contribution in [3.63, 3.8) is 0 Å². The molecule has 3 rings (SSSR count). The second-order valence-electron chi connectivity index (χ2n) is 7.79. The summed E-state index contributed by atoms with van der Waals surface area (Å²) in [6.45, 7) is 3.31. The first-order valence-corrected chi connectivity index (χ1v) is 10.3. The third-order valence-electron chi connectivity index (χ3n) is 5.68. The van der Waals surface area contributed by atoms with Crippen molar-refractivity contribution in [3.8, 4) is 0 Å². The molecule has 1 unspecified atom stereocenters. The van der Waals surface area contributed by atoms with Crippen LogP contribution >= 0.6 is 0 Å². The topological polar surface area (TPSA) is 82.6 Å². The monoisotopic (exact) mass is 386 g/mol. The molecule has 0 saturated carbocycles. The van der Waals surface area contributed by atoms with Gasteiger partial charge in [0.05, 0.1) is 0 Å². The van der Waals surface area contributed by atoms with E-state index in [2.05, 4.69) is 17.2 Å². The molecule has 0 aromatic carbocycles. The van der Waals surface area contributed by atoms with E-state index in [4.69, 9.17) is 0 Å². The van der Waals surface area contributed by atoms with Crippen LogP contribution in [0.3, 0.4) is 0 Å². The van der Waals surface area contributed by atoms with Crippen molar-refractivity contribution >= 4 is 17.7 Å². The normalized spacial score (nSPS) is 22.5. The quantitative estimate of drug-likeness (QED) is 0.836. The van der Waals surface area contributed by atoms with Gasteiger partial charge in [0, 0.05) is 50.1 Å². The summed E-state index contributed by atoms with van der Waals surface area (Å²) in [6.07, 6.45) is 7.18. The van der Waals surface area contributed by atoms with Gasteiger partial charge in [0.2, 0.25) is 11.8 Å². The van der Waals surface area contributed by atoms with Crippen LogP contribution in [-0.2, 0) is 16.0 Å². The number of hydrogen-bond donors (Lipinski definition) is 1. The third kappa shape index (κ3) is 4.69. The number of carbonyl (C=O) groups excluding carboxylic acids is 3. The smallest absolute Gasteiger partial charge is 0.254 e. The molecule has 1 aromatic heterocycles. The molecule has 2 fully saturated rings. The van der Waals surface area contributed by atoms with E-state index in [0.29, 0.717) is 31.5 Å². The van der Waals surface area contributed by atoms with Gasteiger partial charge in [-0.1, -0.05) is 13.3 Å². The minimum atomic E-state index is -0.436. The molecule has 0 radical (unpaired) electrons. The summed E-state index contributed by atoms with van der Waals surface area (Å²) in [7, 11) is 1.79. The van der Waals surface area contributed by atoms with Crippen LogP contribution in [0.4, 0.5) is 0 Å². The fourth-order valence-electron chi connectivity index (χ4n) is 4.06. The largest absolute Gasteiger partial charge is 0.344 e. The molecule has 3 amide bonds. The van der Waals surface area contributed by atoms with Gasteiger partial charge < -0.3 is 15.1 Å². The highest BCUT2D eigenvalue weighted by Gasteiger charge is 2.33. The number of rotatable bonds is 5. The molecule has 2 aliphatic heterocycles. The molecule has 2 saturated heterocycles. The minimum Gasteiger partial charge on any atom is -0.344 e. The summed E-state index contributed by atoms with van der Waals surface area (Å²) in [5.41, 5.74) is 1.59. The molecule has 28 heavy (non-hydrogen) atoms. The van der Waals surface area contributed by atoms with Gasteiger partial charge in [-0.2, -0.15) is 0 Å². The molecule has 7 heteroatoms. The van der Waals surface area contributed by atoms with E-state index in [1.54, 1.807) is 24.2 Å². The van der Waals surface area contributed by atoms with Gasteiger partial charge in [-0.05, 0) is 44.2 Å². The first-order chi connectivity index (χ1) is 13.5. The number of carbonyl (C=O) groups is 3. The zero-order chi connectivity index (χ0) is 20.1. The minimum absolute atomic E-state index is 0.00345. The van der Waals surface area contributed by atoms with Crippen molar-refractivity contribution in [1.29, 1.82) is 0 Å². The van der Waals surface area contributed by atoms with E-state index in [-0.39, 0.29) is 23.8 Å². The number of likely N-dealkylation sites (tertiary alicyclic amines) is 1. The van der Waals surface area contributed by atoms with Gasteiger partial charge in [0.15, 0.2) is 0 Å². The number of piperidine rings is 2. The summed E-state index contributed by atoms with van der Waals surface area (Å²) in [6, 6.07) is 3.18. The van der Waals surface area contributed by atoms with E-state index in [1.807, 2.05) is 11.0 Å². The molecule has 152 valence electrons. The number of aryl methyl sites for hydroxylation is 1. The lowest BCUT2D eigenvalue weighted by Crippen LogP contribution is -2.56. The summed E-state index contributed by atoms with van der Waals surface area (Å²) in [4.78, 5) is 45.3. The van der Waals surface area contributed by atoms with E-state index in [1.165, 1.54) is 0 Å². The Morgan fingerprint density at radius 2 is 2.14 bits per heavy atom. The molecule has 0 bridgehead atoms. The summed E-state index contributed by atoms with van der Waals surface area (Å²) >= 11 is 0. The Balaban J connectivity index is 1.64. The molecule has 1 N–H and O–H groups in total. The van der Waals surface area contributed by atoms with Crippen LogP contribution in [0.1, 0.15) is 61.5 Å². The third-order valence-corrected chi connectivity index (χ3v) is 5.68. The van der Waals surface area contributed by atoms with Gasteiger partial charge in [-0.25, -0.2) is 0 Å². The summed E-state index contributed by atoms with van der Waals surface area (Å²) in [5.74, 6) is -0.114. The molecule has 2 atom stereocenters. The summed E-state index contributed by atoms with van der Waals surface area (Å²) in [5, 5.41) is 2.80. The number of aromatic nitrogens is 1. The maximum Gasteiger partial charge on any atom is 0.254 e. The summed E-state index contributed by atoms with van der Waals surface area (Å²) < 4.78 is 0. The first-order valence-electron chi connectivity index (χ1n) is 10.3. The number of hydrogen-bond acceptors (Lipinski definition) is 4. The van der Waals surface area contributed by atoms with Crippen LogP contribution in [0.15, 0.2) is 18.3 Å². The molecule has 2 aliphatic rings. The van der Waals surface area contributed by atoms with E-state index >= 15 is 0 Å². The van der Waals surface area contributed by atoms with E-state index in [0.717, 1.165) is 37.8 Å². The standard InChI is InChI=1S/C21H30N4O3/c1-3-6-16-13-15(10-11-22-16)20(27)25-12-5-7-17(14-25)24(2)21(28)18-8-4-9-19(26)23-18/h10-11,13,17-18H,3-9,12,14H2,1-2H3,(H,23,26)/t17?,18-/m1/s1. The Hall–Kier alpha value is -2.44. The lowest BCUT2D eigenvalue weighted by atomic mass is 9.99. The molecule has 0 aliphatic carbocycles. The lowest BCUT2D eigenvalue weighted by Gasteiger charge is -2.39. The van der Waals surface area contributed by atoms with Crippen molar-refractivity contribution in [3.05, 3.63) is 29.6 Å². The van der Waals surface area contributed by atoms with Crippen molar-refractivity contribution in [2.24, 2.45) is 0 Å². The van der Waals surface area contributed by atoms with Crippen molar-refractivity contribution in [2.75, 3.05) is 20.1 Å². The molecular formula is C21H30N4O3. The van der Waals surface area contributed by atoms with Gasteiger partial charge in [0.25, 0.3) is 5.91 Å². The molecule has 0 spiro atoms. The van der Waals surface area contributed by atoms with E-state index in [9.17, 15) is 14.4 Å². The fraction of sp³-hybridized carbons (Fsp3) is 0.619. The zero-order valence-corrected chi connectivity index (χ0v) is 16.8. The molecule has 1 aromatic rings. The lowest BCUT2D eigenvalue weighted by molar-refractivity contribution is -0.139. The first kappa shape index (κ1) is 20.3. The highest BCUT2D eigenvalue weighted by molar-refractivity contribution is 5.94. The van der Waals surface area contributed by atoms with Crippen molar-refractivity contribution in [1.82, 2.24) is 20.1 Å². The maximum atomic E-state index is 13.0. The predicted octanol–water partition coefficient (Wildman–Crippen LogP) is 1.77. The average Bonchev–Trinajstić information content (AvgIpc) is 2.72. The molecule has 7 nitrogen and oxygen atoms in total. The van der Waals surface area contributed by atoms with Crippen LogP contribution in [-0.4, -0.2) is 64.7 Å². The number of nitrogens with one attached hydrogen (secondary N) is 1. The van der Waals surface area contributed by atoms with Gasteiger partial charge in [0.1, 0.15) is 6.04 Å². The van der Waals surface area contributed by atoms with Crippen LogP contribution in [0.2, 0.25) is 0 Å².